The number of carboxylic acids is 3. The van der Waals surface area contributed by atoms with Crippen LogP contribution in [0.4, 0.5) is 0 Å². The summed E-state index contributed by atoms with van der Waals surface area (Å²) in [5.74, 6) is -3.38. The number of methoxy groups -OCH3 is 1. The van der Waals surface area contributed by atoms with E-state index in [0.29, 0.717) is 12.2 Å². The smallest absolute Gasteiger partial charge is 0.336 e. The lowest BCUT2D eigenvalue weighted by Gasteiger charge is -2.19. The summed E-state index contributed by atoms with van der Waals surface area (Å²) in [6, 6.07) is 23.6. The minimum atomic E-state index is -2.74. The topological polar surface area (TPSA) is 171 Å². The van der Waals surface area contributed by atoms with E-state index in [2.05, 4.69) is 11.0 Å². The molecule has 3 aromatic carbocycles. The van der Waals surface area contributed by atoms with Crippen LogP contribution in [0, 0.1) is 0 Å². The number of fused-ring (bicyclic) bond motifs is 1. The van der Waals surface area contributed by atoms with Gasteiger partial charge in [0, 0.05) is 32.6 Å². The number of hydrogen-bond acceptors (Lipinski definition) is 9. The molecule has 1 aliphatic rings. The monoisotopic (exact) mass is 677 g/mol. The van der Waals surface area contributed by atoms with Crippen LogP contribution < -0.4 is 9.47 Å². The summed E-state index contributed by atoms with van der Waals surface area (Å²) < 4.78 is 12.4. The molecular formula is C36H39NO10S. The molecule has 0 saturated carbocycles. The molecule has 1 aromatic heterocycles. The van der Waals surface area contributed by atoms with Gasteiger partial charge in [0.25, 0.3) is 0 Å². The van der Waals surface area contributed by atoms with Gasteiger partial charge in [-0.1, -0.05) is 31.0 Å². The van der Waals surface area contributed by atoms with Crippen molar-refractivity contribution in [3.8, 4) is 21.9 Å². The number of rotatable bonds is 13. The van der Waals surface area contributed by atoms with E-state index < -0.39 is 36.4 Å². The predicted molar refractivity (Wildman–Crippen MR) is 181 cm³/mol. The maximum Gasteiger partial charge on any atom is 0.336 e. The van der Waals surface area contributed by atoms with Crippen molar-refractivity contribution in [2.75, 3.05) is 33.4 Å². The number of carbonyl (C=O) groups excluding carboxylic acids is 1. The normalized spacial score (nSPS) is 13.5. The molecule has 254 valence electrons. The number of likely N-dealkylation sites (tertiary alicyclic amines) is 1. The summed E-state index contributed by atoms with van der Waals surface area (Å²) in [7, 11) is 1.66. The van der Waals surface area contributed by atoms with E-state index in [4.69, 9.17) is 29.9 Å². The standard InChI is InChI=1S/C30H31NO3S.C6H8O7/c1-33-24-14-12-23(13-15-24)30-28(26-8-4-5-9-27(26)35-30)29(32)22-10-16-25(17-11-22)34-21-20-31-18-6-2-3-7-19-31;7-3(8)1-6(13,5(11)12)2-4(9)10/h4-5,8-17H,2-3,6-7,18-21H2,1H3;13H,1-2H2,(H,7,8)(H,9,10)(H,11,12). The highest BCUT2D eigenvalue weighted by Crippen LogP contribution is 2.40. The number of hydrogen-bond donors (Lipinski definition) is 4. The van der Waals surface area contributed by atoms with E-state index in [0.717, 1.165) is 44.1 Å². The maximum atomic E-state index is 13.7. The van der Waals surface area contributed by atoms with Gasteiger partial charge in [-0.15, -0.1) is 11.3 Å². The molecule has 0 aliphatic carbocycles. The highest BCUT2D eigenvalue weighted by Gasteiger charge is 2.40. The van der Waals surface area contributed by atoms with E-state index >= 15 is 0 Å². The molecule has 1 aliphatic heterocycles. The number of carboxylic acid groups (broad SMARTS) is 3. The van der Waals surface area contributed by atoms with E-state index in [1.54, 1.807) is 18.4 Å². The zero-order valence-electron chi connectivity index (χ0n) is 26.6. The summed E-state index contributed by atoms with van der Waals surface area (Å²) in [4.78, 5) is 47.7. The fourth-order valence-corrected chi connectivity index (χ4v) is 6.64. The van der Waals surface area contributed by atoms with Gasteiger partial charge < -0.3 is 29.9 Å². The first-order valence-corrected chi connectivity index (χ1v) is 16.4. The number of aliphatic hydroxyl groups is 1. The van der Waals surface area contributed by atoms with Gasteiger partial charge in [-0.05, 0) is 86.1 Å². The summed E-state index contributed by atoms with van der Waals surface area (Å²) in [6.07, 6.45) is 2.96. The lowest BCUT2D eigenvalue weighted by Crippen LogP contribution is -2.42. The zero-order chi connectivity index (χ0) is 34.7. The molecule has 0 amide bonds. The number of thiophene rings is 1. The summed E-state index contributed by atoms with van der Waals surface area (Å²) in [5, 5.41) is 34.8. The molecule has 5 rings (SSSR count). The molecule has 48 heavy (non-hydrogen) atoms. The third-order valence-electron chi connectivity index (χ3n) is 7.95. The van der Waals surface area contributed by atoms with E-state index in [1.807, 2.05) is 66.7 Å². The lowest BCUT2D eigenvalue weighted by atomic mass is 9.96. The summed E-state index contributed by atoms with van der Waals surface area (Å²) in [6.45, 7) is 3.96. The second-order valence-electron chi connectivity index (χ2n) is 11.5. The van der Waals surface area contributed by atoms with Crippen molar-refractivity contribution >= 4 is 45.1 Å². The van der Waals surface area contributed by atoms with Crippen LogP contribution in [-0.2, 0) is 14.4 Å². The third-order valence-corrected chi connectivity index (χ3v) is 9.17. The van der Waals surface area contributed by atoms with Crippen LogP contribution >= 0.6 is 11.3 Å². The van der Waals surface area contributed by atoms with Crippen LogP contribution in [0.15, 0.2) is 72.8 Å². The molecule has 0 atom stereocenters. The van der Waals surface area contributed by atoms with Gasteiger partial charge in [0.05, 0.1) is 20.0 Å². The number of carbonyl (C=O) groups is 4. The highest BCUT2D eigenvalue weighted by atomic mass is 32.1. The van der Waals surface area contributed by atoms with Crippen molar-refractivity contribution in [3.05, 3.63) is 83.9 Å². The van der Waals surface area contributed by atoms with Crippen LogP contribution in [0.5, 0.6) is 11.5 Å². The van der Waals surface area contributed by atoms with Crippen LogP contribution in [0.2, 0.25) is 0 Å². The molecule has 4 N–H and O–H groups in total. The Morgan fingerprint density at radius 3 is 1.94 bits per heavy atom. The van der Waals surface area contributed by atoms with Crippen LogP contribution in [-0.4, -0.2) is 88.0 Å². The van der Waals surface area contributed by atoms with E-state index in [9.17, 15) is 19.2 Å². The fourth-order valence-electron chi connectivity index (χ4n) is 5.43. The van der Waals surface area contributed by atoms with Crippen LogP contribution in [0.3, 0.4) is 0 Å². The molecule has 12 heteroatoms. The van der Waals surface area contributed by atoms with Gasteiger partial charge in [0.15, 0.2) is 11.4 Å². The fraction of sp³-hybridized carbons (Fsp3) is 0.333. The summed E-state index contributed by atoms with van der Waals surface area (Å²) in [5.41, 5.74) is -0.296. The van der Waals surface area contributed by atoms with Gasteiger partial charge in [0.1, 0.15) is 18.1 Å². The van der Waals surface area contributed by atoms with Crippen molar-refractivity contribution in [1.82, 2.24) is 4.90 Å². The minimum Gasteiger partial charge on any atom is -0.497 e. The molecule has 1 fully saturated rings. The van der Waals surface area contributed by atoms with Crippen molar-refractivity contribution in [2.45, 2.75) is 44.1 Å². The van der Waals surface area contributed by atoms with Crippen LogP contribution in [0.1, 0.15) is 54.4 Å². The second kappa shape index (κ2) is 16.9. The Morgan fingerprint density at radius 2 is 1.38 bits per heavy atom. The molecule has 4 aromatic rings. The Balaban J connectivity index is 0.000000341. The average molecular weight is 678 g/mol. The summed E-state index contributed by atoms with van der Waals surface area (Å²) >= 11 is 1.65. The average Bonchev–Trinajstić information content (AvgIpc) is 3.25. The van der Waals surface area contributed by atoms with E-state index in [-0.39, 0.29) is 5.78 Å². The Bertz CT molecular complexity index is 1690. The van der Waals surface area contributed by atoms with E-state index in [1.165, 1.54) is 38.8 Å². The molecule has 0 spiro atoms. The van der Waals surface area contributed by atoms with Gasteiger partial charge in [-0.3, -0.25) is 19.3 Å². The molecule has 0 radical (unpaired) electrons. The molecular weight excluding hydrogens is 638 g/mol. The first-order chi connectivity index (χ1) is 23.0. The first kappa shape index (κ1) is 36.1. The predicted octanol–water partition coefficient (Wildman–Crippen LogP) is 5.81. The van der Waals surface area contributed by atoms with Crippen molar-refractivity contribution < 1.29 is 49.1 Å². The van der Waals surface area contributed by atoms with Crippen molar-refractivity contribution in [2.24, 2.45) is 0 Å². The number of aliphatic carboxylic acids is 3. The number of benzene rings is 3. The third kappa shape index (κ3) is 9.63. The number of nitrogens with zero attached hydrogens (tertiary/aromatic N) is 1. The van der Waals surface area contributed by atoms with Gasteiger partial charge >= 0.3 is 17.9 Å². The maximum absolute atomic E-state index is 13.7. The largest absolute Gasteiger partial charge is 0.497 e. The number of ketones is 1. The first-order valence-electron chi connectivity index (χ1n) is 15.6. The zero-order valence-corrected chi connectivity index (χ0v) is 27.4. The second-order valence-corrected chi connectivity index (χ2v) is 12.5. The molecule has 11 nitrogen and oxygen atoms in total. The number of ether oxygens (including phenoxy) is 2. The molecule has 0 unspecified atom stereocenters. The van der Waals surface area contributed by atoms with Gasteiger partial charge in [-0.2, -0.15) is 0 Å². The molecule has 0 bridgehead atoms. The Hall–Kier alpha value is -4.78. The SMILES string of the molecule is COc1ccc(-c2sc3ccccc3c2C(=O)c2ccc(OCCN3CCCCCC3)cc2)cc1.O=C(O)CC(O)(CC(=O)O)C(=O)O. The van der Waals surface area contributed by atoms with Crippen molar-refractivity contribution in [3.63, 3.8) is 0 Å². The quantitative estimate of drug-likeness (QED) is 0.126. The van der Waals surface area contributed by atoms with Gasteiger partial charge in [0.2, 0.25) is 0 Å². The highest BCUT2D eigenvalue weighted by molar-refractivity contribution is 7.22. The Labute approximate surface area is 282 Å². The Kier molecular flexibility index (Phi) is 12.7. The van der Waals surface area contributed by atoms with Crippen molar-refractivity contribution in [1.29, 1.82) is 0 Å². The lowest BCUT2D eigenvalue weighted by molar-refractivity contribution is -0.170. The Morgan fingerprint density at radius 1 is 0.792 bits per heavy atom. The van der Waals surface area contributed by atoms with Gasteiger partial charge in [-0.25, -0.2) is 4.79 Å². The molecule has 2 heterocycles. The minimum absolute atomic E-state index is 0.0318. The molecule has 1 saturated heterocycles. The van der Waals surface area contributed by atoms with Crippen LogP contribution in [0.25, 0.3) is 20.5 Å².